The molecule has 1 rings (SSSR count). The van der Waals surface area contributed by atoms with Crippen molar-refractivity contribution in [3.05, 3.63) is 27.1 Å². The van der Waals surface area contributed by atoms with Gasteiger partial charge in [-0.2, -0.15) is 0 Å². The Morgan fingerprint density at radius 3 is 2.43 bits per heavy atom. The van der Waals surface area contributed by atoms with E-state index in [0.29, 0.717) is 22.0 Å². The van der Waals surface area contributed by atoms with Crippen LogP contribution in [0.4, 0.5) is 0 Å². The van der Waals surface area contributed by atoms with E-state index in [-0.39, 0.29) is 23.8 Å². The average molecular weight is 442 g/mol. The first-order valence-electron chi connectivity index (χ1n) is 6.54. The second kappa shape index (κ2) is 8.26. The minimum absolute atomic E-state index is 0.0593. The fourth-order valence-electron chi connectivity index (χ4n) is 1.79. The highest BCUT2D eigenvalue weighted by Crippen LogP contribution is 2.25. The number of halogens is 2. The van der Waals surface area contributed by atoms with E-state index in [1.807, 2.05) is 13.8 Å². The van der Waals surface area contributed by atoms with Crippen molar-refractivity contribution in [3.63, 3.8) is 0 Å². The first-order valence-corrected chi connectivity index (χ1v) is 9.61. The van der Waals surface area contributed by atoms with Crippen molar-refractivity contribution in [2.45, 2.75) is 25.2 Å². The lowest BCUT2D eigenvalue weighted by molar-refractivity contribution is -0.130. The summed E-state index contributed by atoms with van der Waals surface area (Å²) >= 11 is 6.46. The number of nitrogens with zero attached hydrogens (tertiary/aromatic N) is 1. The van der Waals surface area contributed by atoms with Crippen molar-refractivity contribution in [1.29, 1.82) is 0 Å². The summed E-state index contributed by atoms with van der Waals surface area (Å²) < 4.78 is 28.0. The monoisotopic (exact) mass is 440 g/mol. The molecule has 0 saturated heterocycles. The molecule has 0 atom stereocenters. The van der Waals surface area contributed by atoms with Crippen LogP contribution in [-0.2, 0) is 14.8 Å². The highest BCUT2D eigenvalue weighted by atomic mass is 79.9. The van der Waals surface area contributed by atoms with Crippen molar-refractivity contribution in [2.24, 2.45) is 0 Å². The van der Waals surface area contributed by atoms with Crippen LogP contribution in [0.5, 0.6) is 0 Å². The zero-order chi connectivity index (χ0) is 16.0. The zero-order valence-electron chi connectivity index (χ0n) is 11.9. The molecular formula is C13H18Br2N2O3S. The van der Waals surface area contributed by atoms with Crippen LogP contribution in [0.15, 0.2) is 32.0 Å². The Balaban J connectivity index is 2.70. The fraction of sp³-hybridized carbons (Fsp3) is 0.462. The van der Waals surface area contributed by atoms with Crippen LogP contribution in [0.2, 0.25) is 0 Å². The smallest absolute Gasteiger partial charge is 0.241 e. The SMILES string of the molecule is CCN(CC)C(=O)CCNS(=O)(=O)c1cc(Br)ccc1Br. The Kier molecular flexibility index (Phi) is 7.32. The third kappa shape index (κ3) is 5.36. The zero-order valence-corrected chi connectivity index (χ0v) is 15.9. The summed E-state index contributed by atoms with van der Waals surface area (Å²) in [5, 5.41) is 0. The topological polar surface area (TPSA) is 66.5 Å². The molecule has 0 heterocycles. The molecule has 1 aromatic carbocycles. The quantitative estimate of drug-likeness (QED) is 0.707. The maximum absolute atomic E-state index is 12.2. The van der Waals surface area contributed by atoms with E-state index in [9.17, 15) is 13.2 Å². The second-order valence-corrected chi connectivity index (χ2v) is 7.79. The molecule has 5 nitrogen and oxygen atoms in total. The predicted octanol–water partition coefficient (Wildman–Crippen LogP) is 2.75. The molecule has 0 aliphatic carbocycles. The molecule has 0 spiro atoms. The molecule has 0 bridgehead atoms. The number of nitrogens with one attached hydrogen (secondary N) is 1. The summed E-state index contributed by atoms with van der Waals surface area (Å²) in [7, 11) is -3.65. The van der Waals surface area contributed by atoms with Gasteiger partial charge in [-0.05, 0) is 48.0 Å². The summed E-state index contributed by atoms with van der Waals surface area (Å²) in [5.74, 6) is -0.0593. The maximum Gasteiger partial charge on any atom is 0.241 e. The molecule has 8 heteroatoms. The van der Waals surface area contributed by atoms with Gasteiger partial charge in [0.05, 0.1) is 4.90 Å². The molecule has 0 fully saturated rings. The van der Waals surface area contributed by atoms with Crippen LogP contribution >= 0.6 is 31.9 Å². The molecule has 0 aliphatic rings. The number of sulfonamides is 1. The lowest BCUT2D eigenvalue weighted by atomic mass is 10.3. The van der Waals surface area contributed by atoms with Crippen molar-refractivity contribution in [1.82, 2.24) is 9.62 Å². The molecule has 1 aromatic rings. The van der Waals surface area contributed by atoms with Crippen molar-refractivity contribution >= 4 is 47.8 Å². The minimum atomic E-state index is -3.65. The molecule has 0 aromatic heterocycles. The molecule has 1 N–H and O–H groups in total. The van der Waals surface area contributed by atoms with E-state index < -0.39 is 10.0 Å². The lowest BCUT2D eigenvalue weighted by Crippen LogP contribution is -2.34. The van der Waals surface area contributed by atoms with Gasteiger partial charge >= 0.3 is 0 Å². The van der Waals surface area contributed by atoms with Gasteiger partial charge in [-0.15, -0.1) is 0 Å². The molecular weight excluding hydrogens is 424 g/mol. The predicted molar refractivity (Wildman–Crippen MR) is 89.6 cm³/mol. The number of amides is 1. The fourth-order valence-corrected chi connectivity index (χ4v) is 4.32. The third-order valence-electron chi connectivity index (χ3n) is 2.93. The van der Waals surface area contributed by atoms with Crippen LogP contribution in [0, 0.1) is 0 Å². The highest BCUT2D eigenvalue weighted by Gasteiger charge is 2.18. The lowest BCUT2D eigenvalue weighted by Gasteiger charge is -2.18. The summed E-state index contributed by atoms with van der Waals surface area (Å²) in [6, 6.07) is 4.91. The first kappa shape index (κ1) is 18.6. The van der Waals surface area contributed by atoms with E-state index in [1.54, 1.807) is 17.0 Å². The Morgan fingerprint density at radius 2 is 1.86 bits per heavy atom. The van der Waals surface area contributed by atoms with Gasteiger partial charge in [0.2, 0.25) is 15.9 Å². The second-order valence-electron chi connectivity index (χ2n) is 4.29. The standard InChI is InChI=1S/C13H18Br2N2O3S/c1-3-17(4-2)13(18)7-8-16-21(19,20)12-9-10(14)5-6-11(12)15/h5-6,9,16H,3-4,7-8H2,1-2H3. The number of benzene rings is 1. The molecule has 1 amide bonds. The summed E-state index contributed by atoms with van der Waals surface area (Å²) in [6.07, 6.45) is 0.145. The van der Waals surface area contributed by atoms with Crippen molar-refractivity contribution < 1.29 is 13.2 Å². The largest absolute Gasteiger partial charge is 0.343 e. The molecule has 118 valence electrons. The van der Waals surface area contributed by atoms with Gasteiger partial charge in [0, 0.05) is 35.0 Å². The number of carbonyl (C=O) groups is 1. The van der Waals surface area contributed by atoms with Gasteiger partial charge in [0.25, 0.3) is 0 Å². The average Bonchev–Trinajstić information content (AvgIpc) is 2.42. The van der Waals surface area contributed by atoms with Gasteiger partial charge in [0.15, 0.2) is 0 Å². The number of hydrogen-bond acceptors (Lipinski definition) is 3. The minimum Gasteiger partial charge on any atom is -0.343 e. The van der Waals surface area contributed by atoms with Gasteiger partial charge in [-0.1, -0.05) is 15.9 Å². The summed E-state index contributed by atoms with van der Waals surface area (Å²) in [6.45, 7) is 5.11. The van der Waals surface area contributed by atoms with E-state index in [1.165, 1.54) is 6.07 Å². The Labute approximate surface area is 142 Å². The van der Waals surface area contributed by atoms with Gasteiger partial charge in [-0.3, -0.25) is 4.79 Å². The molecule has 0 radical (unpaired) electrons. The van der Waals surface area contributed by atoms with E-state index in [0.717, 1.165) is 0 Å². The van der Waals surface area contributed by atoms with Crippen LogP contribution in [0.1, 0.15) is 20.3 Å². The summed E-state index contributed by atoms with van der Waals surface area (Å²) in [4.78, 5) is 13.6. The Morgan fingerprint density at radius 1 is 1.24 bits per heavy atom. The highest BCUT2D eigenvalue weighted by molar-refractivity contribution is 9.11. The normalized spacial score (nSPS) is 11.4. The van der Waals surface area contributed by atoms with Gasteiger partial charge in [0.1, 0.15) is 0 Å². The molecule has 0 unspecified atom stereocenters. The third-order valence-corrected chi connectivity index (χ3v) is 5.88. The van der Waals surface area contributed by atoms with E-state index in [4.69, 9.17) is 0 Å². The van der Waals surface area contributed by atoms with Crippen molar-refractivity contribution in [2.75, 3.05) is 19.6 Å². The number of carbonyl (C=O) groups excluding carboxylic acids is 1. The van der Waals surface area contributed by atoms with Crippen LogP contribution in [-0.4, -0.2) is 38.9 Å². The number of hydrogen-bond donors (Lipinski definition) is 1. The Bertz CT molecular complexity index is 601. The molecule has 0 aliphatic heterocycles. The van der Waals surface area contributed by atoms with E-state index in [2.05, 4.69) is 36.6 Å². The van der Waals surface area contributed by atoms with Gasteiger partial charge < -0.3 is 4.90 Å². The Hall–Kier alpha value is -0.440. The van der Waals surface area contributed by atoms with Gasteiger partial charge in [-0.25, -0.2) is 13.1 Å². The number of rotatable bonds is 7. The van der Waals surface area contributed by atoms with Crippen molar-refractivity contribution in [3.8, 4) is 0 Å². The summed E-state index contributed by atoms with van der Waals surface area (Å²) in [5.41, 5.74) is 0. The van der Waals surface area contributed by atoms with E-state index >= 15 is 0 Å². The molecule has 0 saturated carbocycles. The maximum atomic E-state index is 12.2. The first-order chi connectivity index (χ1) is 9.81. The van der Waals surface area contributed by atoms with Crippen LogP contribution in [0.3, 0.4) is 0 Å². The molecule has 21 heavy (non-hydrogen) atoms. The van der Waals surface area contributed by atoms with Crippen LogP contribution in [0.25, 0.3) is 0 Å². The van der Waals surface area contributed by atoms with Crippen LogP contribution < -0.4 is 4.72 Å².